The second kappa shape index (κ2) is 6.87. The number of carbonyl (C=O) groups is 1. The van der Waals surface area contributed by atoms with Crippen LogP contribution >= 0.6 is 28.3 Å². The number of hydrogen-bond acceptors (Lipinski definition) is 3. The predicted octanol–water partition coefficient (Wildman–Crippen LogP) is 1.76. The Kier molecular flexibility index (Phi) is 6.63. The van der Waals surface area contributed by atoms with E-state index >= 15 is 0 Å². The van der Waals surface area contributed by atoms with E-state index in [1.54, 1.807) is 24.1 Å². The van der Waals surface area contributed by atoms with Gasteiger partial charge in [-0.3, -0.25) is 4.79 Å². The Morgan fingerprint density at radius 1 is 1.60 bits per heavy atom. The van der Waals surface area contributed by atoms with Crippen LogP contribution in [0.2, 0.25) is 0 Å². The Morgan fingerprint density at radius 2 is 2.27 bits per heavy atom. The maximum absolute atomic E-state index is 11.6. The van der Waals surface area contributed by atoms with Crippen LogP contribution in [0.15, 0.2) is 21.2 Å². The summed E-state index contributed by atoms with van der Waals surface area (Å²) in [6, 6.07) is 3.36. The van der Waals surface area contributed by atoms with E-state index < -0.39 is 0 Å². The molecule has 1 N–H and O–H groups in total. The van der Waals surface area contributed by atoms with Crippen molar-refractivity contribution in [3.8, 4) is 0 Å². The molecule has 1 rings (SSSR count). The lowest BCUT2D eigenvalue weighted by Gasteiger charge is -2.14. The lowest BCUT2D eigenvalue weighted by molar-refractivity contribution is 0.0764. The number of nitrogens with one attached hydrogen (secondary N) is 1. The number of carbonyl (C=O) groups excluding carboxylic acids is 1. The number of halogens is 2. The second-order valence-electron chi connectivity index (χ2n) is 2.93. The maximum atomic E-state index is 11.6. The first-order valence-electron chi connectivity index (χ1n) is 4.30. The molecule has 1 heterocycles. The minimum Gasteiger partial charge on any atom is -0.444 e. The number of furan rings is 1. The van der Waals surface area contributed by atoms with Crippen molar-refractivity contribution in [2.24, 2.45) is 0 Å². The highest BCUT2D eigenvalue weighted by atomic mass is 79.9. The van der Waals surface area contributed by atoms with Crippen LogP contribution in [0.3, 0.4) is 0 Å². The van der Waals surface area contributed by atoms with E-state index in [1.165, 1.54) is 0 Å². The van der Waals surface area contributed by atoms with Gasteiger partial charge in [-0.05, 0) is 35.1 Å². The SMILES string of the molecule is CNCCN(C)C(=O)c1ccc(Br)o1.Cl. The van der Waals surface area contributed by atoms with Crippen LogP contribution in [0.5, 0.6) is 0 Å². The zero-order valence-electron chi connectivity index (χ0n) is 8.62. The largest absolute Gasteiger partial charge is 0.444 e. The fraction of sp³-hybridized carbons (Fsp3) is 0.444. The molecule has 0 spiro atoms. The minimum absolute atomic E-state index is 0. The van der Waals surface area contributed by atoms with Crippen LogP contribution in [0, 0.1) is 0 Å². The van der Waals surface area contributed by atoms with Crippen molar-refractivity contribution >= 4 is 34.2 Å². The summed E-state index contributed by atoms with van der Waals surface area (Å²) in [5.74, 6) is 0.251. The lowest BCUT2D eigenvalue weighted by Crippen LogP contribution is -2.32. The molecule has 0 radical (unpaired) electrons. The highest BCUT2D eigenvalue weighted by molar-refractivity contribution is 9.10. The van der Waals surface area contributed by atoms with Gasteiger partial charge >= 0.3 is 0 Å². The van der Waals surface area contributed by atoms with Crippen molar-refractivity contribution < 1.29 is 9.21 Å². The molecule has 1 amide bonds. The molecule has 0 atom stereocenters. The minimum atomic E-state index is -0.106. The smallest absolute Gasteiger partial charge is 0.289 e. The Bertz CT molecular complexity index is 317. The van der Waals surface area contributed by atoms with E-state index in [1.807, 2.05) is 7.05 Å². The molecule has 0 aliphatic heterocycles. The first kappa shape index (κ1) is 14.5. The summed E-state index contributed by atoms with van der Waals surface area (Å²) < 4.78 is 5.72. The lowest BCUT2D eigenvalue weighted by atomic mass is 10.4. The number of rotatable bonds is 4. The second-order valence-corrected chi connectivity index (χ2v) is 3.72. The average molecular weight is 298 g/mol. The molecule has 15 heavy (non-hydrogen) atoms. The van der Waals surface area contributed by atoms with Crippen molar-refractivity contribution in [3.05, 3.63) is 22.6 Å². The Labute approximate surface area is 104 Å². The number of amides is 1. The molecular weight excluding hydrogens is 283 g/mol. The predicted molar refractivity (Wildman–Crippen MR) is 64.5 cm³/mol. The van der Waals surface area contributed by atoms with Gasteiger partial charge in [0.15, 0.2) is 10.4 Å². The molecule has 0 unspecified atom stereocenters. The molecule has 0 aliphatic rings. The molecule has 0 fully saturated rings. The van der Waals surface area contributed by atoms with Gasteiger partial charge in [-0.15, -0.1) is 12.4 Å². The monoisotopic (exact) mass is 296 g/mol. The summed E-state index contributed by atoms with van der Waals surface area (Å²) in [4.78, 5) is 13.3. The molecule has 0 bridgehead atoms. The van der Waals surface area contributed by atoms with Crippen molar-refractivity contribution in [1.82, 2.24) is 10.2 Å². The van der Waals surface area contributed by atoms with Gasteiger partial charge in [-0.25, -0.2) is 0 Å². The van der Waals surface area contributed by atoms with E-state index in [0.717, 1.165) is 6.54 Å². The zero-order valence-corrected chi connectivity index (χ0v) is 11.0. The molecule has 0 saturated heterocycles. The van der Waals surface area contributed by atoms with Crippen LogP contribution in [-0.4, -0.2) is 38.0 Å². The fourth-order valence-corrected chi connectivity index (χ4v) is 1.30. The van der Waals surface area contributed by atoms with Crippen molar-refractivity contribution in [2.75, 3.05) is 27.2 Å². The highest BCUT2D eigenvalue weighted by Gasteiger charge is 2.14. The molecule has 1 aromatic rings. The van der Waals surface area contributed by atoms with E-state index in [9.17, 15) is 4.79 Å². The Morgan fingerprint density at radius 3 is 2.73 bits per heavy atom. The molecule has 0 aromatic carbocycles. The van der Waals surface area contributed by atoms with E-state index in [4.69, 9.17) is 4.42 Å². The summed E-state index contributed by atoms with van der Waals surface area (Å²) >= 11 is 3.15. The van der Waals surface area contributed by atoms with Crippen LogP contribution < -0.4 is 5.32 Å². The summed E-state index contributed by atoms with van der Waals surface area (Å²) in [5.41, 5.74) is 0. The van der Waals surface area contributed by atoms with Crippen molar-refractivity contribution in [2.45, 2.75) is 0 Å². The topological polar surface area (TPSA) is 45.5 Å². The van der Waals surface area contributed by atoms with Gasteiger partial charge in [-0.2, -0.15) is 0 Å². The third kappa shape index (κ3) is 4.24. The van der Waals surface area contributed by atoms with Gasteiger partial charge in [-0.1, -0.05) is 0 Å². The van der Waals surface area contributed by atoms with E-state index in [2.05, 4.69) is 21.2 Å². The Balaban J connectivity index is 0.00000196. The Hall–Kier alpha value is -0.520. The third-order valence-electron chi connectivity index (χ3n) is 1.83. The van der Waals surface area contributed by atoms with Gasteiger partial charge in [0.2, 0.25) is 0 Å². The third-order valence-corrected chi connectivity index (χ3v) is 2.25. The fourth-order valence-electron chi connectivity index (χ4n) is 0.998. The molecule has 0 aliphatic carbocycles. The normalized spacial score (nSPS) is 9.53. The van der Waals surface area contributed by atoms with E-state index in [0.29, 0.717) is 17.0 Å². The molecule has 4 nitrogen and oxygen atoms in total. The van der Waals surface area contributed by atoms with Crippen molar-refractivity contribution in [1.29, 1.82) is 0 Å². The van der Waals surface area contributed by atoms with Gasteiger partial charge in [0.1, 0.15) is 0 Å². The summed E-state index contributed by atoms with van der Waals surface area (Å²) in [5, 5.41) is 2.98. The van der Waals surface area contributed by atoms with Crippen LogP contribution in [0.1, 0.15) is 10.6 Å². The summed E-state index contributed by atoms with van der Waals surface area (Å²) in [7, 11) is 3.60. The number of hydrogen-bond donors (Lipinski definition) is 1. The molecule has 86 valence electrons. The van der Waals surface area contributed by atoms with Crippen molar-refractivity contribution in [3.63, 3.8) is 0 Å². The first-order valence-corrected chi connectivity index (χ1v) is 5.10. The van der Waals surface area contributed by atoms with Gasteiger partial charge in [0.25, 0.3) is 5.91 Å². The number of nitrogens with zero attached hydrogens (tertiary/aromatic N) is 1. The highest BCUT2D eigenvalue weighted by Crippen LogP contribution is 2.15. The zero-order chi connectivity index (χ0) is 10.6. The van der Waals surface area contributed by atoms with E-state index in [-0.39, 0.29) is 18.3 Å². The van der Waals surface area contributed by atoms with Gasteiger partial charge in [0, 0.05) is 20.1 Å². The number of likely N-dealkylation sites (N-methyl/N-ethyl adjacent to an activating group) is 2. The summed E-state index contributed by atoms with van der Waals surface area (Å²) in [6.45, 7) is 1.43. The molecule has 6 heteroatoms. The van der Waals surface area contributed by atoms with Crippen LogP contribution in [0.4, 0.5) is 0 Å². The molecule has 0 saturated carbocycles. The summed E-state index contributed by atoms with van der Waals surface area (Å²) in [6.07, 6.45) is 0. The van der Waals surface area contributed by atoms with Crippen LogP contribution in [-0.2, 0) is 0 Å². The quantitative estimate of drug-likeness (QED) is 0.921. The van der Waals surface area contributed by atoms with Crippen LogP contribution in [0.25, 0.3) is 0 Å². The van der Waals surface area contributed by atoms with Gasteiger partial charge < -0.3 is 14.6 Å². The molecule has 1 aromatic heterocycles. The average Bonchev–Trinajstić information content (AvgIpc) is 2.60. The first-order chi connectivity index (χ1) is 6.65. The maximum Gasteiger partial charge on any atom is 0.289 e. The molecular formula is C9H14BrClN2O2. The standard InChI is InChI=1S/C9H13BrN2O2.ClH/c1-11-5-6-12(2)9(13)7-3-4-8(10)14-7;/h3-4,11H,5-6H2,1-2H3;1H. The van der Waals surface area contributed by atoms with Gasteiger partial charge in [0.05, 0.1) is 0 Å².